The van der Waals surface area contributed by atoms with Gasteiger partial charge in [0.1, 0.15) is 0 Å². The van der Waals surface area contributed by atoms with Crippen LogP contribution < -0.4 is 0 Å². The first-order valence-corrected chi connectivity index (χ1v) is 11.5. The van der Waals surface area contributed by atoms with Gasteiger partial charge in [-0.25, -0.2) is 0 Å². The number of likely N-dealkylation sites (tertiary alicyclic amines) is 1. The van der Waals surface area contributed by atoms with Gasteiger partial charge in [0, 0.05) is 19.0 Å². The minimum absolute atomic E-state index is 0.0395. The molecule has 0 spiro atoms. The Bertz CT molecular complexity index is 627. The molecule has 1 aliphatic heterocycles. The number of benzene rings is 2. The first-order chi connectivity index (χ1) is 11.7. The summed E-state index contributed by atoms with van der Waals surface area (Å²) in [6, 6.07) is 20.9. The second-order valence-corrected chi connectivity index (χ2v) is 7.85. The predicted octanol–water partition coefficient (Wildman–Crippen LogP) is 4.65. The zero-order chi connectivity index (χ0) is 17.4. The van der Waals surface area contributed by atoms with Crippen molar-refractivity contribution in [2.24, 2.45) is 0 Å². The van der Waals surface area contributed by atoms with Crippen LogP contribution in [0.15, 0.2) is 60.7 Å². The number of ether oxygens (including phenoxy) is 1. The fourth-order valence-electron chi connectivity index (χ4n) is 3.02. The molecule has 0 aliphatic carbocycles. The summed E-state index contributed by atoms with van der Waals surface area (Å²) >= 11 is -0.106. The molecule has 1 N–H and O–H groups in total. The van der Waals surface area contributed by atoms with Gasteiger partial charge in [-0.1, -0.05) is 60.7 Å². The summed E-state index contributed by atoms with van der Waals surface area (Å²) in [4.78, 5) is 2.30. The van der Waals surface area contributed by atoms with E-state index in [-0.39, 0.29) is 22.0 Å². The molecule has 3 nitrogen and oxygen atoms in total. The van der Waals surface area contributed by atoms with Gasteiger partial charge in [0.15, 0.2) is 5.90 Å². The van der Waals surface area contributed by atoms with Crippen LogP contribution >= 0.6 is 19.1 Å². The van der Waals surface area contributed by atoms with E-state index in [1.165, 1.54) is 11.1 Å². The van der Waals surface area contributed by atoms with E-state index >= 15 is 0 Å². The van der Waals surface area contributed by atoms with Gasteiger partial charge < -0.3 is 4.74 Å². The van der Waals surface area contributed by atoms with Crippen LogP contribution in [0.2, 0.25) is 0 Å². The van der Waals surface area contributed by atoms with Crippen molar-refractivity contribution in [3.63, 3.8) is 0 Å². The van der Waals surface area contributed by atoms with Crippen molar-refractivity contribution in [2.45, 2.75) is 18.5 Å². The summed E-state index contributed by atoms with van der Waals surface area (Å²) in [6.45, 7) is 1.83. The van der Waals surface area contributed by atoms with Gasteiger partial charge in [0.2, 0.25) is 0 Å². The summed E-state index contributed by atoms with van der Waals surface area (Å²) in [6.07, 6.45) is 0. The normalized spacial score (nSPS) is 19.8. The molecule has 132 valence electrons. The molecule has 1 fully saturated rings. The molecular formula is C18H20Cl2N2OPd. The second-order valence-electron chi connectivity index (χ2n) is 5.49. The molecule has 1 aliphatic rings. The maximum absolute atomic E-state index is 8.11. The summed E-state index contributed by atoms with van der Waals surface area (Å²) in [5, 5.41) is 8.11. The molecule has 1 heterocycles. The Morgan fingerprint density at radius 1 is 1.12 bits per heavy atom. The monoisotopic (exact) mass is 456 g/mol. The van der Waals surface area contributed by atoms with Gasteiger partial charge in [0.05, 0.1) is 13.2 Å². The van der Waals surface area contributed by atoms with Crippen LogP contribution in [0.4, 0.5) is 0 Å². The average Bonchev–Trinajstić information content (AvgIpc) is 2.60. The van der Waals surface area contributed by atoms with Crippen molar-refractivity contribution in [3.05, 3.63) is 71.8 Å². The summed E-state index contributed by atoms with van der Waals surface area (Å²) in [5.41, 5.74) is 2.56. The Morgan fingerprint density at radius 3 is 2.21 bits per heavy atom. The topological polar surface area (TPSA) is 36.3 Å². The van der Waals surface area contributed by atoms with Crippen molar-refractivity contribution >= 4 is 25.0 Å². The summed E-state index contributed by atoms with van der Waals surface area (Å²) in [7, 11) is 11.2. The molecule has 0 amide bonds. The maximum atomic E-state index is 8.11. The first kappa shape index (κ1) is 19.4. The van der Waals surface area contributed by atoms with Crippen LogP contribution in [0.1, 0.15) is 17.0 Å². The molecule has 0 bridgehead atoms. The molecule has 2 aromatic carbocycles. The molecule has 6 heteroatoms. The average molecular weight is 458 g/mol. The van der Waals surface area contributed by atoms with E-state index in [0.29, 0.717) is 11.8 Å². The van der Waals surface area contributed by atoms with E-state index in [2.05, 4.69) is 53.4 Å². The van der Waals surface area contributed by atoms with Gasteiger partial charge in [-0.15, -0.1) is 0 Å². The number of hydrogen-bond donors (Lipinski definition) is 1. The Balaban J connectivity index is 0.000000647. The molecule has 0 unspecified atom stereocenters. The van der Waals surface area contributed by atoms with Crippen LogP contribution in [0, 0.1) is 5.41 Å². The van der Waals surface area contributed by atoms with E-state index < -0.39 is 0 Å². The standard InChI is InChI=1S/C18H20N2O.2ClH.Pd/c1-21-18(19)17-16(15-10-6-3-7-11-15)13-20(17)12-14-8-4-2-5-9-14;;;/h2-11,16-17,19H,12-13H2,1H3;2*1H;/q;;;+2/p-2/t16-,17+;;;/m0.../s1. The number of methoxy groups -OCH3 is 1. The SMILES string of the molecule is COC(=N)[C@H]1[C@H](c2ccccc2)CN1Cc1ccccc1.[Cl][Pd][Cl]. The van der Waals surface area contributed by atoms with E-state index in [4.69, 9.17) is 29.2 Å². The third-order valence-electron chi connectivity index (χ3n) is 4.15. The van der Waals surface area contributed by atoms with E-state index in [1.54, 1.807) is 7.11 Å². The van der Waals surface area contributed by atoms with Crippen LogP contribution in [0.5, 0.6) is 0 Å². The van der Waals surface area contributed by atoms with Crippen LogP contribution in [0.25, 0.3) is 0 Å². The van der Waals surface area contributed by atoms with E-state index in [1.807, 2.05) is 12.1 Å². The molecule has 3 rings (SSSR count). The summed E-state index contributed by atoms with van der Waals surface area (Å²) < 4.78 is 5.22. The Kier molecular flexibility index (Phi) is 8.25. The van der Waals surface area contributed by atoms with Crippen molar-refractivity contribution in [1.82, 2.24) is 4.90 Å². The van der Waals surface area contributed by atoms with Crippen LogP contribution in [-0.2, 0) is 27.2 Å². The Hall–Kier alpha value is -0.888. The van der Waals surface area contributed by atoms with Crippen LogP contribution in [-0.4, -0.2) is 30.5 Å². The molecule has 0 aromatic heterocycles. The fraction of sp³-hybridized carbons (Fsp3) is 0.278. The Morgan fingerprint density at radius 2 is 1.67 bits per heavy atom. The van der Waals surface area contributed by atoms with Crippen molar-refractivity contribution < 1.29 is 20.7 Å². The van der Waals surface area contributed by atoms with Crippen molar-refractivity contribution in [1.29, 1.82) is 5.41 Å². The van der Waals surface area contributed by atoms with Crippen molar-refractivity contribution in [3.8, 4) is 0 Å². The molecule has 2 atom stereocenters. The molecule has 24 heavy (non-hydrogen) atoms. The molecule has 0 radical (unpaired) electrons. The van der Waals surface area contributed by atoms with E-state index in [9.17, 15) is 0 Å². The van der Waals surface area contributed by atoms with Gasteiger partial charge in [-0.2, -0.15) is 0 Å². The third kappa shape index (κ3) is 5.05. The quantitative estimate of drug-likeness (QED) is 0.412. The molecule has 1 saturated heterocycles. The van der Waals surface area contributed by atoms with Gasteiger partial charge in [-0.3, -0.25) is 10.3 Å². The van der Waals surface area contributed by atoms with Gasteiger partial charge in [0.25, 0.3) is 0 Å². The number of rotatable bonds is 4. The van der Waals surface area contributed by atoms with Gasteiger partial charge >= 0.3 is 35.0 Å². The number of nitrogens with one attached hydrogen (secondary N) is 1. The molecule has 0 saturated carbocycles. The van der Waals surface area contributed by atoms with E-state index in [0.717, 1.165) is 13.1 Å². The van der Waals surface area contributed by atoms with Crippen molar-refractivity contribution in [2.75, 3.05) is 13.7 Å². The minimum atomic E-state index is -0.106. The first-order valence-electron chi connectivity index (χ1n) is 7.49. The predicted molar refractivity (Wildman–Crippen MR) is 96.3 cm³/mol. The van der Waals surface area contributed by atoms with Gasteiger partial charge in [-0.05, 0) is 11.1 Å². The number of nitrogens with zero attached hydrogens (tertiary/aromatic N) is 1. The Labute approximate surface area is 159 Å². The fourth-order valence-corrected chi connectivity index (χ4v) is 3.02. The number of halogens is 2. The summed E-state index contributed by atoms with van der Waals surface area (Å²) in [5.74, 6) is 0.702. The van der Waals surface area contributed by atoms with Crippen LogP contribution in [0.3, 0.4) is 0 Å². The second kappa shape index (κ2) is 10.2. The zero-order valence-corrected chi connectivity index (χ0v) is 16.3. The molecule has 2 aromatic rings. The zero-order valence-electron chi connectivity index (χ0n) is 13.3. The third-order valence-corrected chi connectivity index (χ3v) is 4.15. The number of hydrogen-bond acceptors (Lipinski definition) is 3. The molecular weight excluding hydrogens is 438 g/mol.